The van der Waals surface area contributed by atoms with Gasteiger partial charge in [0.15, 0.2) is 0 Å². The van der Waals surface area contributed by atoms with Gasteiger partial charge in [-0.15, -0.1) is 10.2 Å². The van der Waals surface area contributed by atoms with Crippen molar-refractivity contribution in [2.75, 3.05) is 13.4 Å². The highest BCUT2D eigenvalue weighted by molar-refractivity contribution is 7.98. The molecule has 3 rings (SSSR count). The molecule has 0 N–H and O–H groups in total. The van der Waals surface area contributed by atoms with Crippen LogP contribution < -0.4 is 9.47 Å². The van der Waals surface area contributed by atoms with Crippen LogP contribution in [0.5, 0.6) is 11.5 Å². The molecule has 0 unspecified atom stereocenters. The molecule has 10 heteroatoms. The predicted octanol–water partition coefficient (Wildman–Crippen LogP) is 5.06. The van der Waals surface area contributed by atoms with Crippen molar-refractivity contribution in [3.63, 3.8) is 0 Å². The molecule has 2 aromatic carbocycles. The summed E-state index contributed by atoms with van der Waals surface area (Å²) in [4.78, 5) is 0. The summed E-state index contributed by atoms with van der Waals surface area (Å²) >= 11 is 7.05. The third kappa shape index (κ3) is 5.24. The lowest BCUT2D eigenvalue weighted by Crippen LogP contribution is -2.02. The number of alkyl halides is 2. The summed E-state index contributed by atoms with van der Waals surface area (Å²) in [5, 5.41) is 12.2. The Morgan fingerprint density at radius 1 is 1.21 bits per heavy atom. The van der Waals surface area contributed by atoms with Crippen molar-refractivity contribution in [1.82, 2.24) is 14.9 Å². The Labute approximate surface area is 175 Å². The Kier molecular flexibility index (Phi) is 7.05. The highest BCUT2D eigenvalue weighted by atomic mass is 35.5. The predicted molar refractivity (Wildman–Crippen MR) is 109 cm³/mol. The van der Waals surface area contributed by atoms with Crippen molar-refractivity contribution in [1.29, 1.82) is 0 Å². The zero-order chi connectivity index (χ0) is 20.8. The molecule has 0 aliphatic rings. The SMILES string of the molecule is COc1ccc(C=Nn2c(SC)nnc2C(F)F)cc1COc1ccc(Cl)cc1. The van der Waals surface area contributed by atoms with Gasteiger partial charge in [0.1, 0.15) is 18.1 Å². The van der Waals surface area contributed by atoms with Crippen LogP contribution >= 0.6 is 23.4 Å². The van der Waals surface area contributed by atoms with E-state index >= 15 is 0 Å². The first-order valence-corrected chi connectivity index (χ1v) is 9.99. The van der Waals surface area contributed by atoms with Gasteiger partial charge in [0.25, 0.3) is 6.43 Å². The van der Waals surface area contributed by atoms with Crippen molar-refractivity contribution < 1.29 is 18.3 Å². The highest BCUT2D eigenvalue weighted by Crippen LogP contribution is 2.24. The maximum Gasteiger partial charge on any atom is 0.299 e. The molecule has 152 valence electrons. The number of ether oxygens (including phenoxy) is 2. The molecule has 6 nitrogen and oxygen atoms in total. The maximum atomic E-state index is 13.1. The van der Waals surface area contributed by atoms with Crippen LogP contribution in [0.4, 0.5) is 8.78 Å². The van der Waals surface area contributed by atoms with E-state index in [1.54, 1.807) is 49.8 Å². The second kappa shape index (κ2) is 9.71. The molecule has 0 fully saturated rings. The van der Waals surface area contributed by atoms with Gasteiger partial charge in [0.05, 0.1) is 13.3 Å². The largest absolute Gasteiger partial charge is 0.496 e. The summed E-state index contributed by atoms with van der Waals surface area (Å²) in [6.07, 6.45) is 0.394. The zero-order valence-electron chi connectivity index (χ0n) is 15.6. The Morgan fingerprint density at radius 3 is 2.62 bits per heavy atom. The molecule has 0 saturated carbocycles. The van der Waals surface area contributed by atoms with Crippen LogP contribution in [-0.4, -0.2) is 34.5 Å². The summed E-state index contributed by atoms with van der Waals surface area (Å²) in [7, 11) is 1.56. The lowest BCUT2D eigenvalue weighted by molar-refractivity contribution is 0.135. The van der Waals surface area contributed by atoms with Gasteiger partial charge in [-0.1, -0.05) is 23.4 Å². The van der Waals surface area contributed by atoms with E-state index in [1.165, 1.54) is 18.0 Å². The van der Waals surface area contributed by atoms with E-state index in [9.17, 15) is 8.78 Å². The minimum Gasteiger partial charge on any atom is -0.496 e. The van der Waals surface area contributed by atoms with Gasteiger partial charge in [-0.05, 0) is 54.3 Å². The van der Waals surface area contributed by atoms with E-state index in [0.717, 1.165) is 10.2 Å². The summed E-state index contributed by atoms with van der Waals surface area (Å²) < 4.78 is 38.4. The van der Waals surface area contributed by atoms with Crippen LogP contribution in [0.3, 0.4) is 0 Å². The van der Waals surface area contributed by atoms with E-state index in [-0.39, 0.29) is 11.8 Å². The van der Waals surface area contributed by atoms with Gasteiger partial charge in [-0.2, -0.15) is 9.78 Å². The molecule has 29 heavy (non-hydrogen) atoms. The van der Waals surface area contributed by atoms with E-state index < -0.39 is 12.2 Å². The number of halogens is 3. The van der Waals surface area contributed by atoms with Gasteiger partial charge in [-0.3, -0.25) is 0 Å². The molecule has 1 aromatic heterocycles. The van der Waals surface area contributed by atoms with Crippen LogP contribution in [0.15, 0.2) is 52.7 Å². The van der Waals surface area contributed by atoms with E-state index in [2.05, 4.69) is 15.3 Å². The van der Waals surface area contributed by atoms with Gasteiger partial charge < -0.3 is 9.47 Å². The summed E-state index contributed by atoms with van der Waals surface area (Å²) in [5.74, 6) is 0.787. The first kappa shape index (κ1) is 21.1. The molecule has 0 atom stereocenters. The third-order valence-corrected chi connectivity index (χ3v) is 4.72. The van der Waals surface area contributed by atoms with Crippen LogP contribution in [0.2, 0.25) is 5.02 Å². The average Bonchev–Trinajstić information content (AvgIpc) is 3.15. The Balaban J connectivity index is 1.82. The zero-order valence-corrected chi connectivity index (χ0v) is 17.1. The fraction of sp³-hybridized carbons (Fsp3) is 0.211. The topological polar surface area (TPSA) is 61.5 Å². The highest BCUT2D eigenvalue weighted by Gasteiger charge is 2.19. The molecule has 0 amide bonds. The minimum absolute atomic E-state index is 0.247. The van der Waals surface area contributed by atoms with E-state index in [4.69, 9.17) is 21.1 Å². The Hall–Kier alpha value is -2.65. The minimum atomic E-state index is -2.78. The van der Waals surface area contributed by atoms with Gasteiger partial charge in [0, 0.05) is 10.6 Å². The molecule has 0 aliphatic carbocycles. The molecule has 1 heterocycles. The van der Waals surface area contributed by atoms with E-state index in [0.29, 0.717) is 22.1 Å². The monoisotopic (exact) mass is 438 g/mol. The van der Waals surface area contributed by atoms with E-state index in [1.807, 2.05) is 6.07 Å². The quantitative estimate of drug-likeness (QED) is 0.363. The summed E-state index contributed by atoms with van der Waals surface area (Å²) in [5.41, 5.74) is 1.45. The number of hydrogen-bond acceptors (Lipinski definition) is 6. The number of thioether (sulfide) groups is 1. The van der Waals surface area contributed by atoms with Gasteiger partial charge >= 0.3 is 0 Å². The molecule has 0 saturated heterocycles. The Bertz CT molecular complexity index is 996. The van der Waals surface area contributed by atoms with Crippen molar-refractivity contribution in [2.45, 2.75) is 18.2 Å². The standard InChI is InChI=1S/C19H17ClF2N4O2S/c1-27-16-8-3-12(9-13(16)11-28-15-6-4-14(20)5-7-15)10-23-26-18(17(21)22)24-25-19(26)29-2/h3-10,17H,11H2,1-2H3. The van der Waals surface area contributed by atoms with Crippen molar-refractivity contribution in [3.05, 3.63) is 64.4 Å². The second-order valence-electron chi connectivity index (χ2n) is 5.72. The second-order valence-corrected chi connectivity index (χ2v) is 6.93. The lowest BCUT2D eigenvalue weighted by atomic mass is 10.1. The molecule has 0 bridgehead atoms. The van der Waals surface area contributed by atoms with Gasteiger partial charge in [-0.25, -0.2) is 8.78 Å². The third-order valence-electron chi connectivity index (χ3n) is 3.85. The maximum absolute atomic E-state index is 13.1. The molecular formula is C19H17ClF2N4O2S. The average molecular weight is 439 g/mol. The molecule has 0 spiro atoms. The molecule has 0 aliphatic heterocycles. The van der Waals surface area contributed by atoms with Gasteiger partial charge in [0.2, 0.25) is 11.0 Å². The van der Waals surface area contributed by atoms with Crippen molar-refractivity contribution >= 4 is 29.6 Å². The number of hydrogen-bond donors (Lipinski definition) is 0. The molecule has 0 radical (unpaired) electrons. The number of benzene rings is 2. The number of methoxy groups -OCH3 is 1. The Morgan fingerprint density at radius 2 is 1.97 bits per heavy atom. The normalized spacial score (nSPS) is 11.4. The van der Waals surface area contributed by atoms with Crippen molar-refractivity contribution in [2.24, 2.45) is 5.10 Å². The summed E-state index contributed by atoms with van der Waals surface area (Å²) in [6.45, 7) is 0.247. The number of aromatic nitrogens is 3. The van der Waals surface area contributed by atoms with Crippen LogP contribution in [-0.2, 0) is 6.61 Å². The van der Waals surface area contributed by atoms with Crippen molar-refractivity contribution in [3.8, 4) is 11.5 Å². The van der Waals surface area contributed by atoms with Crippen LogP contribution in [0, 0.1) is 0 Å². The first-order valence-electron chi connectivity index (χ1n) is 8.39. The van der Waals surface area contributed by atoms with Crippen LogP contribution in [0.25, 0.3) is 0 Å². The summed E-state index contributed by atoms with van der Waals surface area (Å²) in [6, 6.07) is 12.3. The smallest absolute Gasteiger partial charge is 0.299 e. The number of nitrogens with zero attached hydrogens (tertiary/aromatic N) is 4. The van der Waals surface area contributed by atoms with Crippen LogP contribution in [0.1, 0.15) is 23.4 Å². The number of rotatable bonds is 8. The first-order chi connectivity index (χ1) is 14.0. The lowest BCUT2D eigenvalue weighted by Gasteiger charge is -2.11. The molecule has 3 aromatic rings. The molecular weight excluding hydrogens is 422 g/mol. The fourth-order valence-electron chi connectivity index (χ4n) is 2.46. The fourth-order valence-corrected chi connectivity index (χ4v) is 3.02.